The van der Waals surface area contributed by atoms with Crippen molar-refractivity contribution in [2.45, 2.75) is 20.3 Å². The molecule has 1 aliphatic heterocycles. The van der Waals surface area contributed by atoms with Crippen LogP contribution in [0.25, 0.3) is 16.7 Å². The Morgan fingerprint density at radius 3 is 2.84 bits per heavy atom. The van der Waals surface area contributed by atoms with E-state index in [0.29, 0.717) is 41.1 Å². The molecule has 4 rings (SSSR count). The molecule has 0 saturated carbocycles. The number of amides is 1. The maximum absolute atomic E-state index is 12.0. The number of fused-ring (bicyclic) bond motifs is 2. The van der Waals surface area contributed by atoms with E-state index in [-0.39, 0.29) is 17.1 Å². The van der Waals surface area contributed by atoms with E-state index in [9.17, 15) is 9.90 Å². The Morgan fingerprint density at radius 2 is 2.12 bits per heavy atom. The van der Waals surface area contributed by atoms with Gasteiger partial charge in [0.05, 0.1) is 23.6 Å². The summed E-state index contributed by atoms with van der Waals surface area (Å²) in [6.45, 7) is 4.26. The summed E-state index contributed by atoms with van der Waals surface area (Å²) in [7, 11) is 0. The number of anilines is 1. The van der Waals surface area contributed by atoms with Crippen molar-refractivity contribution in [3.05, 3.63) is 40.6 Å². The molecular weight excluding hydrogens is 320 g/mol. The smallest absolute Gasteiger partial charge is 0.253 e. The number of aromatic hydroxyl groups is 1. The van der Waals surface area contributed by atoms with Gasteiger partial charge < -0.3 is 21.3 Å². The summed E-state index contributed by atoms with van der Waals surface area (Å²) in [5, 5.41) is 10.7. The molecule has 5 N–H and O–H groups in total. The second kappa shape index (κ2) is 5.14. The van der Waals surface area contributed by atoms with Crippen LogP contribution in [-0.4, -0.2) is 27.2 Å². The van der Waals surface area contributed by atoms with Crippen LogP contribution in [0.15, 0.2) is 18.2 Å². The lowest BCUT2D eigenvalue weighted by Crippen LogP contribution is -2.14. The molecule has 0 fully saturated rings. The van der Waals surface area contributed by atoms with Gasteiger partial charge in [-0.05, 0) is 31.5 Å². The average molecular weight is 338 g/mol. The number of aromatic nitrogens is 2. The maximum Gasteiger partial charge on any atom is 0.253 e. The highest BCUT2D eigenvalue weighted by molar-refractivity contribution is 6.11. The SMILES string of the molecule is Cc1ccc(O)c(C)c1-n1c(N)c(C(N)=O)c2cc3c(nc21)CCO3. The number of phenols is 1. The lowest BCUT2D eigenvalue weighted by Gasteiger charge is -2.15. The zero-order valence-corrected chi connectivity index (χ0v) is 14.0. The van der Waals surface area contributed by atoms with Crippen molar-refractivity contribution >= 4 is 22.8 Å². The standard InChI is InChI=1S/C18H18N4O3/c1-8-3-4-12(23)9(2)15(8)22-16(19)14(17(20)24)10-7-13-11(5-6-25-13)21-18(10)22/h3-4,7,23H,5-6,19H2,1-2H3,(H2,20,24). The second-order valence-electron chi connectivity index (χ2n) is 6.24. The summed E-state index contributed by atoms with van der Waals surface area (Å²) in [5.74, 6) is 0.371. The first-order valence-corrected chi connectivity index (χ1v) is 7.96. The molecule has 1 aliphatic rings. The highest BCUT2D eigenvalue weighted by atomic mass is 16.5. The quantitative estimate of drug-likeness (QED) is 0.660. The van der Waals surface area contributed by atoms with Crippen molar-refractivity contribution in [1.82, 2.24) is 9.55 Å². The first kappa shape index (κ1) is 15.3. The van der Waals surface area contributed by atoms with Gasteiger partial charge in [0.1, 0.15) is 23.0 Å². The molecule has 7 nitrogen and oxygen atoms in total. The molecule has 0 unspecified atom stereocenters. The molecule has 128 valence electrons. The van der Waals surface area contributed by atoms with E-state index in [1.165, 1.54) is 0 Å². The molecular formula is C18H18N4O3. The molecule has 1 aromatic carbocycles. The summed E-state index contributed by atoms with van der Waals surface area (Å²) in [6.07, 6.45) is 0.695. The van der Waals surface area contributed by atoms with Gasteiger partial charge in [0.15, 0.2) is 0 Å². The van der Waals surface area contributed by atoms with Crippen LogP contribution >= 0.6 is 0 Å². The fraction of sp³-hybridized carbons (Fsp3) is 0.222. The van der Waals surface area contributed by atoms with Crippen molar-refractivity contribution in [1.29, 1.82) is 0 Å². The number of aryl methyl sites for hydroxylation is 1. The number of nitrogens with two attached hydrogens (primary N) is 2. The number of ether oxygens (including phenoxy) is 1. The van der Waals surface area contributed by atoms with Crippen LogP contribution in [0.1, 0.15) is 27.2 Å². The maximum atomic E-state index is 12.0. The third-order valence-electron chi connectivity index (χ3n) is 4.69. The third kappa shape index (κ3) is 2.05. The third-order valence-corrected chi connectivity index (χ3v) is 4.69. The fourth-order valence-electron chi connectivity index (χ4n) is 3.46. The van der Waals surface area contributed by atoms with Crippen LogP contribution in [0, 0.1) is 13.8 Å². The number of rotatable bonds is 2. The minimum absolute atomic E-state index is 0.145. The van der Waals surface area contributed by atoms with Crippen molar-refractivity contribution < 1.29 is 14.6 Å². The highest BCUT2D eigenvalue weighted by Gasteiger charge is 2.26. The topological polar surface area (TPSA) is 116 Å². The Kier molecular flexibility index (Phi) is 3.15. The molecule has 0 radical (unpaired) electrons. The molecule has 0 atom stereocenters. The summed E-state index contributed by atoms with van der Waals surface area (Å²) >= 11 is 0. The van der Waals surface area contributed by atoms with E-state index in [4.69, 9.17) is 16.2 Å². The number of hydrogen-bond donors (Lipinski definition) is 3. The number of nitrogen functional groups attached to an aromatic ring is 1. The van der Waals surface area contributed by atoms with Crippen molar-refractivity contribution in [2.75, 3.05) is 12.3 Å². The number of benzene rings is 1. The summed E-state index contributed by atoms with van der Waals surface area (Å²) in [5.41, 5.74) is 15.7. The van der Waals surface area contributed by atoms with Crippen LogP contribution in [-0.2, 0) is 6.42 Å². The molecule has 0 aliphatic carbocycles. The lowest BCUT2D eigenvalue weighted by molar-refractivity contribution is 0.100. The Hall–Kier alpha value is -3.22. The molecule has 3 heterocycles. The number of carbonyl (C=O) groups is 1. The molecule has 25 heavy (non-hydrogen) atoms. The van der Waals surface area contributed by atoms with Crippen LogP contribution in [0.3, 0.4) is 0 Å². The lowest BCUT2D eigenvalue weighted by atomic mass is 10.1. The van der Waals surface area contributed by atoms with Gasteiger partial charge >= 0.3 is 0 Å². The first-order chi connectivity index (χ1) is 11.9. The zero-order chi connectivity index (χ0) is 17.9. The first-order valence-electron chi connectivity index (χ1n) is 7.96. The van der Waals surface area contributed by atoms with Crippen LogP contribution < -0.4 is 16.2 Å². The van der Waals surface area contributed by atoms with Gasteiger partial charge in [-0.25, -0.2) is 4.98 Å². The van der Waals surface area contributed by atoms with Gasteiger partial charge in [0, 0.05) is 17.4 Å². The molecule has 1 amide bonds. The number of pyridine rings is 1. The summed E-state index contributed by atoms with van der Waals surface area (Å²) < 4.78 is 7.25. The number of carbonyl (C=O) groups excluding carboxylic acids is 1. The minimum atomic E-state index is -0.628. The Morgan fingerprint density at radius 1 is 1.36 bits per heavy atom. The monoisotopic (exact) mass is 338 g/mol. The van der Waals surface area contributed by atoms with Crippen LogP contribution in [0.5, 0.6) is 11.5 Å². The van der Waals surface area contributed by atoms with E-state index in [2.05, 4.69) is 4.98 Å². The number of nitrogens with zero attached hydrogens (tertiary/aromatic N) is 2. The number of phenolic OH excluding ortho intramolecular Hbond substituents is 1. The van der Waals surface area contributed by atoms with Crippen LogP contribution in [0.2, 0.25) is 0 Å². The van der Waals surface area contributed by atoms with E-state index >= 15 is 0 Å². The largest absolute Gasteiger partial charge is 0.508 e. The number of hydrogen-bond acceptors (Lipinski definition) is 5. The molecule has 3 aromatic rings. The fourth-order valence-corrected chi connectivity index (χ4v) is 3.46. The summed E-state index contributed by atoms with van der Waals surface area (Å²) in [4.78, 5) is 16.7. The highest BCUT2D eigenvalue weighted by Crippen LogP contribution is 2.38. The van der Waals surface area contributed by atoms with Gasteiger partial charge in [0.2, 0.25) is 0 Å². The van der Waals surface area contributed by atoms with Gasteiger partial charge in [-0.2, -0.15) is 0 Å². The average Bonchev–Trinajstić information content (AvgIpc) is 3.11. The molecule has 0 bridgehead atoms. The molecule has 2 aromatic heterocycles. The molecule has 0 spiro atoms. The Labute approximate surface area is 143 Å². The van der Waals surface area contributed by atoms with Gasteiger partial charge in [-0.3, -0.25) is 9.36 Å². The predicted octanol–water partition coefficient (Wildman–Crippen LogP) is 1.96. The normalized spacial score (nSPS) is 13.0. The van der Waals surface area contributed by atoms with Gasteiger partial charge in [-0.1, -0.05) is 6.07 Å². The second-order valence-corrected chi connectivity index (χ2v) is 6.24. The molecule has 0 saturated heterocycles. The van der Waals surface area contributed by atoms with Gasteiger partial charge in [0.25, 0.3) is 5.91 Å². The number of primary amides is 1. The zero-order valence-electron chi connectivity index (χ0n) is 14.0. The Balaban J connectivity index is 2.17. The summed E-state index contributed by atoms with van der Waals surface area (Å²) in [6, 6.07) is 5.19. The van der Waals surface area contributed by atoms with Gasteiger partial charge in [-0.15, -0.1) is 0 Å². The minimum Gasteiger partial charge on any atom is -0.508 e. The van der Waals surface area contributed by atoms with Crippen LogP contribution in [0.4, 0.5) is 5.82 Å². The van der Waals surface area contributed by atoms with E-state index in [1.54, 1.807) is 29.7 Å². The Bertz CT molecular complexity index is 1050. The van der Waals surface area contributed by atoms with Crippen molar-refractivity contribution in [2.24, 2.45) is 5.73 Å². The van der Waals surface area contributed by atoms with E-state index in [1.807, 2.05) is 6.92 Å². The predicted molar refractivity (Wildman–Crippen MR) is 94.3 cm³/mol. The van der Waals surface area contributed by atoms with E-state index in [0.717, 1.165) is 11.3 Å². The van der Waals surface area contributed by atoms with Crippen molar-refractivity contribution in [3.63, 3.8) is 0 Å². The van der Waals surface area contributed by atoms with Crippen molar-refractivity contribution in [3.8, 4) is 17.2 Å². The molecule has 7 heteroatoms. The van der Waals surface area contributed by atoms with E-state index < -0.39 is 5.91 Å².